The summed E-state index contributed by atoms with van der Waals surface area (Å²) in [6.45, 7) is 25.6. The second kappa shape index (κ2) is 19.6. The molecule has 0 aliphatic carbocycles. The van der Waals surface area contributed by atoms with Crippen molar-refractivity contribution in [2.75, 3.05) is 0 Å². The monoisotopic (exact) mass is 977 g/mol. The summed E-state index contributed by atoms with van der Waals surface area (Å²) in [5, 5.41) is 13.7. The predicted molar refractivity (Wildman–Crippen MR) is 231 cm³/mol. The van der Waals surface area contributed by atoms with Gasteiger partial charge in [0.2, 0.25) is 0 Å². The fourth-order valence-corrected chi connectivity index (χ4v) is 9.39. The second-order valence-corrected chi connectivity index (χ2v) is 18.7. The van der Waals surface area contributed by atoms with Crippen molar-refractivity contribution >= 4 is 38.0 Å². The number of alkyl halides is 3. The molecule has 311 valence electrons. The van der Waals surface area contributed by atoms with Crippen LogP contribution in [0.15, 0.2) is 78.7 Å². The Morgan fingerprint density at radius 1 is 0.825 bits per heavy atom. The molecule has 3 nitrogen and oxygen atoms in total. The third-order valence-corrected chi connectivity index (χ3v) is 12.4. The Morgan fingerprint density at radius 3 is 1.91 bits per heavy atom. The van der Waals surface area contributed by atoms with Crippen LogP contribution in [0, 0.1) is 53.9 Å². The Balaban J connectivity index is 0.000000372. The maximum atomic E-state index is 13.4. The number of carbonyl (C=O) groups is 1. The Bertz CT molecular complexity index is 2130. The number of aliphatic hydroxyl groups is 1. The van der Waals surface area contributed by atoms with E-state index in [4.69, 9.17) is 4.98 Å². The molecule has 0 aliphatic heterocycles. The molecule has 8 heteroatoms. The molecule has 1 radical (unpaired) electrons. The maximum absolute atomic E-state index is 13.4. The summed E-state index contributed by atoms with van der Waals surface area (Å²) < 4.78 is 41.2. The van der Waals surface area contributed by atoms with Crippen molar-refractivity contribution in [3.63, 3.8) is 0 Å². The van der Waals surface area contributed by atoms with Crippen LogP contribution in [0.3, 0.4) is 0 Å². The van der Waals surface area contributed by atoms with Gasteiger partial charge in [-0.15, -0.1) is 40.5 Å². The summed E-state index contributed by atoms with van der Waals surface area (Å²) >= 11 is 1.68. The zero-order valence-corrected chi connectivity index (χ0v) is 39.1. The number of aryl methyl sites for hydroxylation is 1. The first-order chi connectivity index (χ1) is 26.0. The molecular formula is C49H61F3IrNO2S-. The Kier molecular flexibility index (Phi) is 16.5. The minimum Gasteiger partial charge on any atom is -0.512 e. The average molecular weight is 977 g/mol. The van der Waals surface area contributed by atoms with E-state index >= 15 is 0 Å². The van der Waals surface area contributed by atoms with Gasteiger partial charge in [-0.2, -0.15) is 13.2 Å². The van der Waals surface area contributed by atoms with E-state index in [0.717, 1.165) is 42.7 Å². The van der Waals surface area contributed by atoms with Gasteiger partial charge in [-0.3, -0.25) is 9.78 Å². The minimum atomic E-state index is -4.24. The molecule has 0 fully saturated rings. The number of ketones is 1. The Morgan fingerprint density at radius 2 is 1.39 bits per heavy atom. The summed E-state index contributed by atoms with van der Waals surface area (Å²) in [5.74, 6) is 1.99. The van der Waals surface area contributed by atoms with E-state index in [1.165, 1.54) is 30.9 Å². The number of fused-ring (bicyclic) bond motifs is 2. The number of aromatic nitrogens is 1. The van der Waals surface area contributed by atoms with Gasteiger partial charge in [0.1, 0.15) is 0 Å². The van der Waals surface area contributed by atoms with Crippen LogP contribution in [0.4, 0.5) is 13.2 Å². The zero-order chi connectivity index (χ0) is 41.9. The van der Waals surface area contributed by atoms with Crippen molar-refractivity contribution < 1.29 is 43.2 Å². The maximum Gasteiger partial charge on any atom is 0.394 e. The van der Waals surface area contributed by atoms with Crippen LogP contribution >= 0.6 is 11.3 Å². The number of aliphatic hydroxyl groups excluding tert-OH is 1. The number of thiophene rings is 1. The number of benzene rings is 3. The van der Waals surface area contributed by atoms with Crippen molar-refractivity contribution in [1.29, 1.82) is 0 Å². The molecule has 2 aromatic heterocycles. The first-order valence-electron chi connectivity index (χ1n) is 20.0. The molecule has 0 bridgehead atoms. The van der Waals surface area contributed by atoms with Crippen LogP contribution in [0.1, 0.15) is 106 Å². The first kappa shape index (κ1) is 48.1. The van der Waals surface area contributed by atoms with Crippen molar-refractivity contribution in [1.82, 2.24) is 4.98 Å². The molecule has 0 atom stereocenters. The van der Waals surface area contributed by atoms with E-state index in [1.807, 2.05) is 42.6 Å². The molecule has 1 N–H and O–H groups in total. The molecule has 0 saturated heterocycles. The number of rotatable bonds is 12. The predicted octanol–water partition coefficient (Wildman–Crippen LogP) is 15.0. The summed E-state index contributed by atoms with van der Waals surface area (Å²) in [4.78, 5) is 18.2. The Labute approximate surface area is 357 Å². The van der Waals surface area contributed by atoms with Crippen LogP contribution in [0.25, 0.3) is 42.6 Å². The van der Waals surface area contributed by atoms with Gasteiger partial charge < -0.3 is 5.11 Å². The van der Waals surface area contributed by atoms with Crippen molar-refractivity contribution in [3.05, 3.63) is 101 Å². The minimum absolute atomic E-state index is 0. The molecule has 5 rings (SSSR count). The number of hydrogen-bond donors (Lipinski definition) is 1. The van der Waals surface area contributed by atoms with Gasteiger partial charge in [0.15, 0.2) is 5.78 Å². The van der Waals surface area contributed by atoms with E-state index < -0.39 is 11.6 Å². The molecule has 2 heterocycles. The summed E-state index contributed by atoms with van der Waals surface area (Å²) in [5.41, 5.74) is 4.22. The molecule has 0 saturated carbocycles. The summed E-state index contributed by atoms with van der Waals surface area (Å²) in [6.07, 6.45) is -0.963. The van der Waals surface area contributed by atoms with Gasteiger partial charge in [-0.05, 0) is 71.1 Å². The number of allylic oxidation sites excluding steroid dienone is 2. The first-order valence-corrected chi connectivity index (χ1v) is 20.8. The molecule has 0 spiro atoms. The van der Waals surface area contributed by atoms with Crippen LogP contribution < -0.4 is 0 Å². The summed E-state index contributed by atoms with van der Waals surface area (Å²) in [6, 6.07) is 23.7. The largest absolute Gasteiger partial charge is 0.512 e. The topological polar surface area (TPSA) is 50.2 Å². The molecule has 57 heavy (non-hydrogen) atoms. The number of hydrogen-bond acceptors (Lipinski definition) is 4. The third-order valence-electron chi connectivity index (χ3n) is 11.0. The standard InChI is InChI=1S/C32H29F3NS.C17H32O2.Ir/c1-19(2)27-17-24(16-23-8-6-7-9-26(23)27)28-30-25(14-15-36-28)20(3)29(37-30)22-12-10-21(11-13-22)18-31(4,5)32(33,34)35;1-10(2)16(11(3)4)14(18)9-15(19)17(12(5)6)13(7)8;/h6-15,17,19H,18H2,1-5H3;9-13,16-18H,1-8H3;/q-1;;/b;14-9-;. The number of nitrogens with zero attached hydrogens (tertiary/aromatic N) is 1. The van der Waals surface area contributed by atoms with E-state index in [2.05, 4.69) is 106 Å². The van der Waals surface area contributed by atoms with Crippen LogP contribution in [-0.4, -0.2) is 22.1 Å². The second-order valence-electron chi connectivity index (χ2n) is 17.7. The molecule has 0 unspecified atom stereocenters. The average Bonchev–Trinajstić information content (AvgIpc) is 3.43. The quantitative estimate of drug-likeness (QED) is 0.0770. The van der Waals surface area contributed by atoms with Crippen LogP contribution in [0.5, 0.6) is 0 Å². The van der Waals surface area contributed by atoms with Gasteiger partial charge in [0.05, 0.1) is 11.2 Å². The molecule has 0 amide bonds. The Hall–Kier alpha value is -3.32. The molecule has 5 aromatic rings. The van der Waals surface area contributed by atoms with Crippen molar-refractivity contribution in [2.45, 2.75) is 109 Å². The van der Waals surface area contributed by atoms with E-state index in [0.29, 0.717) is 35.2 Å². The SMILES string of the molecule is CC(C)C(C(=O)/C=C(\O)C(C(C)C)C(C)C)C(C)C.Cc1c(-c2ccc(CC(C)(C)C(F)(F)F)cc2)sc2c(-c3[c-]c4ccccc4c(C(C)C)c3)nccc12.[Ir]. The zero-order valence-electron chi connectivity index (χ0n) is 35.9. The van der Waals surface area contributed by atoms with Gasteiger partial charge >= 0.3 is 6.18 Å². The number of halogens is 3. The number of carbonyl (C=O) groups excluding carboxylic acids is 1. The third kappa shape index (κ3) is 11.2. The molecule has 0 aliphatic rings. The van der Waals surface area contributed by atoms with Gasteiger partial charge in [0, 0.05) is 59.5 Å². The van der Waals surface area contributed by atoms with Crippen LogP contribution in [0.2, 0.25) is 0 Å². The van der Waals surface area contributed by atoms with Gasteiger partial charge in [-0.25, -0.2) is 0 Å². The number of pyridine rings is 1. The smallest absolute Gasteiger partial charge is 0.394 e. The fourth-order valence-electron chi connectivity index (χ4n) is 8.08. The van der Waals surface area contributed by atoms with E-state index in [1.54, 1.807) is 11.3 Å². The van der Waals surface area contributed by atoms with E-state index in [9.17, 15) is 23.1 Å². The normalized spacial score (nSPS) is 12.8. The van der Waals surface area contributed by atoms with E-state index in [-0.39, 0.29) is 49.9 Å². The molecule has 3 aromatic carbocycles. The summed E-state index contributed by atoms with van der Waals surface area (Å²) in [7, 11) is 0. The van der Waals surface area contributed by atoms with Gasteiger partial charge in [0.25, 0.3) is 0 Å². The molecular weight excluding hydrogens is 916 g/mol. The van der Waals surface area contributed by atoms with Crippen molar-refractivity contribution in [3.8, 4) is 21.7 Å². The van der Waals surface area contributed by atoms with Crippen molar-refractivity contribution in [2.24, 2.45) is 40.9 Å². The fraction of sp³-hybridized carbons (Fsp3) is 0.469. The van der Waals surface area contributed by atoms with Crippen LogP contribution in [-0.2, 0) is 31.3 Å². The van der Waals surface area contributed by atoms with Gasteiger partial charge in [-0.1, -0.05) is 136 Å².